The Morgan fingerprint density at radius 3 is 1.69 bits per heavy atom. The fraction of sp³-hybridized carbons (Fsp3) is 0.235. The first-order valence-corrected chi connectivity index (χ1v) is 15.4. The molecule has 0 heterocycles. The maximum atomic E-state index is 15.7. The molecule has 0 aliphatic rings. The third kappa shape index (κ3) is 6.92. The molecule has 0 fully saturated rings. The van der Waals surface area contributed by atoms with Gasteiger partial charge in [0.15, 0.2) is 0 Å². The molecule has 0 aliphatic heterocycles. The lowest BCUT2D eigenvalue weighted by atomic mass is 9.93. The minimum absolute atomic E-state index is 0.352. The zero-order valence-corrected chi connectivity index (χ0v) is 25.5. The number of rotatable bonds is 9. The molecule has 2 amide bonds. The number of ether oxygens (including phenoxy) is 2. The van der Waals surface area contributed by atoms with Gasteiger partial charge in [0, 0.05) is 16.3 Å². The highest BCUT2D eigenvalue weighted by Crippen LogP contribution is 2.54. The first kappa shape index (κ1) is 30.6. The second-order valence-electron chi connectivity index (χ2n) is 10.9. The smallest absolute Gasteiger partial charge is 0.416 e. The van der Waals surface area contributed by atoms with Gasteiger partial charge < -0.3 is 14.8 Å². The fourth-order valence-electron chi connectivity index (χ4n) is 4.74. The van der Waals surface area contributed by atoms with E-state index in [9.17, 15) is 9.59 Å². The first-order valence-electron chi connectivity index (χ1n) is 13.8. The van der Waals surface area contributed by atoms with E-state index in [4.69, 9.17) is 9.47 Å². The van der Waals surface area contributed by atoms with Crippen LogP contribution >= 0.6 is 7.29 Å². The lowest BCUT2D eigenvalue weighted by Gasteiger charge is -2.41. The van der Waals surface area contributed by atoms with E-state index in [1.165, 1.54) is 4.67 Å². The van der Waals surface area contributed by atoms with Crippen molar-refractivity contribution in [3.05, 3.63) is 121 Å². The summed E-state index contributed by atoms with van der Waals surface area (Å²) in [5, 5.41) is 3.85. The highest BCUT2D eigenvalue weighted by atomic mass is 31.2. The minimum atomic E-state index is -3.92. The molecule has 8 heteroatoms. The van der Waals surface area contributed by atoms with Crippen molar-refractivity contribution in [2.24, 2.45) is 5.92 Å². The number of benzene rings is 4. The molecule has 0 radical (unpaired) electrons. The number of nitrogens with one attached hydrogen (secondary N) is 1. The van der Waals surface area contributed by atoms with Gasteiger partial charge in [-0.3, -0.25) is 9.36 Å². The molecule has 0 saturated carbocycles. The van der Waals surface area contributed by atoms with E-state index < -0.39 is 30.9 Å². The van der Waals surface area contributed by atoms with Gasteiger partial charge in [-0.1, -0.05) is 73.7 Å². The summed E-state index contributed by atoms with van der Waals surface area (Å²) in [6.45, 7) is 7.01. The molecular weight excluding hydrogens is 547 g/mol. The Kier molecular flexibility index (Phi) is 9.54. The minimum Gasteiger partial charge on any atom is -0.497 e. The molecular formula is C34H37N2O5P. The summed E-state index contributed by atoms with van der Waals surface area (Å²) < 4.78 is 28.2. The lowest BCUT2D eigenvalue weighted by molar-refractivity contribution is -0.120. The number of hydrogen-bond donors (Lipinski definition) is 1. The standard InChI is InChI=1S/C34H37N2O5P/c1-25(32(37)35-27-21-23-28(40-5)24-22-27)31(26-15-9-6-10-16-26)36(33(38)41-34(2,3)4)42(39,29-17-11-7-12-18-29)30-19-13-8-14-20-30/h6-25,31H,1-5H3,(H,35,37). The van der Waals surface area contributed by atoms with Crippen molar-refractivity contribution in [1.82, 2.24) is 4.67 Å². The van der Waals surface area contributed by atoms with Crippen LogP contribution in [-0.4, -0.2) is 29.4 Å². The number of hydrogen-bond acceptors (Lipinski definition) is 5. The first-order chi connectivity index (χ1) is 20.0. The Balaban J connectivity index is 1.92. The average Bonchev–Trinajstić information content (AvgIpc) is 3.00. The van der Waals surface area contributed by atoms with E-state index >= 15 is 4.57 Å². The number of carbonyl (C=O) groups excluding carboxylic acids is 2. The predicted octanol–water partition coefficient (Wildman–Crippen LogP) is 7.18. The van der Waals surface area contributed by atoms with Crippen LogP contribution in [-0.2, 0) is 14.1 Å². The highest BCUT2D eigenvalue weighted by molar-refractivity contribution is 7.77. The summed E-state index contributed by atoms with van der Waals surface area (Å²) in [6, 6.07) is 33.0. The molecule has 2 unspecified atom stereocenters. The second kappa shape index (κ2) is 13.1. The van der Waals surface area contributed by atoms with Crippen molar-refractivity contribution in [2.75, 3.05) is 12.4 Å². The van der Waals surface area contributed by atoms with Gasteiger partial charge in [-0.25, -0.2) is 9.46 Å². The number of nitrogens with zero attached hydrogens (tertiary/aromatic N) is 1. The van der Waals surface area contributed by atoms with Gasteiger partial charge in [0.2, 0.25) is 13.2 Å². The van der Waals surface area contributed by atoms with Gasteiger partial charge in [-0.2, -0.15) is 0 Å². The predicted molar refractivity (Wildman–Crippen MR) is 168 cm³/mol. The zero-order chi connectivity index (χ0) is 30.3. The van der Waals surface area contributed by atoms with E-state index in [0.29, 0.717) is 27.6 Å². The summed E-state index contributed by atoms with van der Waals surface area (Å²) >= 11 is 0. The van der Waals surface area contributed by atoms with Crippen molar-refractivity contribution in [2.45, 2.75) is 39.3 Å². The van der Waals surface area contributed by atoms with Gasteiger partial charge in [-0.05, 0) is 74.9 Å². The Hall–Kier alpha value is -4.35. The van der Waals surface area contributed by atoms with Crippen LogP contribution in [0.1, 0.15) is 39.3 Å². The molecule has 0 aromatic heterocycles. The normalized spacial score (nSPS) is 13.0. The average molecular weight is 585 g/mol. The largest absolute Gasteiger partial charge is 0.497 e. The molecule has 1 N–H and O–H groups in total. The van der Waals surface area contributed by atoms with Crippen LogP contribution in [0.4, 0.5) is 10.5 Å². The third-order valence-corrected chi connectivity index (χ3v) is 9.76. The number of methoxy groups -OCH3 is 1. The zero-order valence-electron chi connectivity index (χ0n) is 24.6. The Bertz CT molecular complexity index is 1480. The van der Waals surface area contributed by atoms with Crippen molar-refractivity contribution >= 4 is 35.6 Å². The van der Waals surface area contributed by atoms with E-state index in [1.807, 2.05) is 42.5 Å². The van der Waals surface area contributed by atoms with Crippen LogP contribution in [0.3, 0.4) is 0 Å². The molecule has 0 bridgehead atoms. The molecule has 4 aromatic rings. The van der Waals surface area contributed by atoms with Crippen molar-refractivity contribution in [3.8, 4) is 5.75 Å². The van der Waals surface area contributed by atoms with Crippen molar-refractivity contribution in [1.29, 1.82) is 0 Å². The number of amides is 2. The van der Waals surface area contributed by atoms with E-state index in [1.54, 1.807) is 108 Å². The molecule has 4 rings (SSSR count). The Labute approximate surface area is 247 Å². The molecule has 218 valence electrons. The Morgan fingerprint density at radius 1 is 0.762 bits per heavy atom. The molecule has 0 aliphatic carbocycles. The van der Waals surface area contributed by atoms with Gasteiger partial charge in [-0.15, -0.1) is 0 Å². The molecule has 0 spiro atoms. The highest BCUT2D eigenvalue weighted by Gasteiger charge is 2.47. The maximum Gasteiger partial charge on any atom is 0.416 e. The van der Waals surface area contributed by atoms with E-state index in [-0.39, 0.29) is 5.91 Å². The van der Waals surface area contributed by atoms with Crippen LogP contribution in [0.5, 0.6) is 5.75 Å². The molecule has 2 atom stereocenters. The third-order valence-electron chi connectivity index (χ3n) is 6.75. The lowest BCUT2D eigenvalue weighted by Crippen LogP contribution is -2.46. The molecule has 0 saturated heterocycles. The van der Waals surface area contributed by atoms with Gasteiger partial charge in [0.1, 0.15) is 11.4 Å². The molecule has 7 nitrogen and oxygen atoms in total. The van der Waals surface area contributed by atoms with Crippen LogP contribution in [0, 0.1) is 5.92 Å². The van der Waals surface area contributed by atoms with Gasteiger partial charge >= 0.3 is 6.09 Å². The summed E-state index contributed by atoms with van der Waals surface area (Å²) in [6.07, 6.45) is -0.781. The van der Waals surface area contributed by atoms with Gasteiger partial charge in [0.25, 0.3) is 0 Å². The van der Waals surface area contributed by atoms with E-state index in [0.717, 1.165) is 0 Å². The van der Waals surface area contributed by atoms with Crippen LogP contribution in [0.15, 0.2) is 115 Å². The monoisotopic (exact) mass is 584 g/mol. The number of anilines is 1. The summed E-state index contributed by atoms with van der Waals surface area (Å²) in [7, 11) is -2.35. The van der Waals surface area contributed by atoms with Crippen LogP contribution < -0.4 is 20.7 Å². The summed E-state index contributed by atoms with van der Waals surface area (Å²) in [5.41, 5.74) is 0.328. The fourth-order valence-corrected chi connectivity index (χ4v) is 7.64. The van der Waals surface area contributed by atoms with Crippen molar-refractivity contribution in [3.63, 3.8) is 0 Å². The summed E-state index contributed by atoms with van der Waals surface area (Å²) in [4.78, 5) is 28.2. The molecule has 4 aromatic carbocycles. The quantitative estimate of drug-likeness (QED) is 0.211. The maximum absolute atomic E-state index is 15.7. The van der Waals surface area contributed by atoms with E-state index in [2.05, 4.69) is 5.32 Å². The summed E-state index contributed by atoms with van der Waals surface area (Å²) in [5.74, 6) is -0.538. The number of carbonyl (C=O) groups is 2. The van der Waals surface area contributed by atoms with Crippen LogP contribution in [0.25, 0.3) is 0 Å². The van der Waals surface area contributed by atoms with Crippen LogP contribution in [0.2, 0.25) is 0 Å². The topological polar surface area (TPSA) is 84.9 Å². The van der Waals surface area contributed by atoms with Crippen molar-refractivity contribution < 1.29 is 23.6 Å². The Morgan fingerprint density at radius 2 is 1.24 bits per heavy atom. The SMILES string of the molecule is COc1ccc(NC(=O)C(C)C(c2ccccc2)N(C(=O)OC(C)(C)C)P(=O)(c2ccccc2)c2ccccc2)cc1. The molecule has 42 heavy (non-hydrogen) atoms. The second-order valence-corrected chi connectivity index (χ2v) is 13.5. The van der Waals surface area contributed by atoms with Gasteiger partial charge in [0.05, 0.1) is 19.1 Å².